The lowest BCUT2D eigenvalue weighted by atomic mass is 9.82. The number of nitrogens with zero attached hydrogens (tertiary/aromatic N) is 2. The van der Waals surface area contributed by atoms with Gasteiger partial charge >= 0.3 is 6.09 Å². The van der Waals surface area contributed by atoms with Crippen molar-refractivity contribution in [1.29, 1.82) is 0 Å². The largest absolute Gasteiger partial charge is 0.446 e. The van der Waals surface area contributed by atoms with Gasteiger partial charge in [0.25, 0.3) is 0 Å². The topological polar surface area (TPSA) is 49.9 Å². The molecule has 0 aliphatic carbocycles. The molecule has 2 aliphatic heterocycles. The van der Waals surface area contributed by atoms with E-state index in [-0.39, 0.29) is 24.0 Å². The molecule has 2 heterocycles. The fraction of sp³-hybridized carbons (Fsp3) is 0.909. The van der Waals surface area contributed by atoms with Crippen LogP contribution in [-0.4, -0.2) is 54.1 Å². The minimum atomic E-state index is -0.137. The number of rotatable bonds is 6. The number of ether oxygens (including phenoxy) is 1. The van der Waals surface area contributed by atoms with Gasteiger partial charge in [-0.05, 0) is 56.3 Å². The highest BCUT2D eigenvalue weighted by molar-refractivity contribution is 5.78. The Hall–Kier alpha value is -1.26. The van der Waals surface area contributed by atoms with Crippen LogP contribution in [0.1, 0.15) is 73.1 Å². The van der Waals surface area contributed by atoms with E-state index >= 15 is 0 Å². The number of piperidine rings is 2. The first-order chi connectivity index (χ1) is 12.8. The predicted octanol–water partition coefficient (Wildman–Crippen LogP) is 4.55. The predicted molar refractivity (Wildman–Crippen MR) is 108 cm³/mol. The fourth-order valence-corrected chi connectivity index (χ4v) is 4.25. The molecule has 5 nitrogen and oxygen atoms in total. The van der Waals surface area contributed by atoms with Gasteiger partial charge in [0.05, 0.1) is 0 Å². The van der Waals surface area contributed by atoms with Crippen molar-refractivity contribution in [3.05, 3.63) is 0 Å². The van der Waals surface area contributed by atoms with E-state index in [1.807, 2.05) is 23.6 Å². The normalized spacial score (nSPS) is 25.6. The van der Waals surface area contributed by atoms with Gasteiger partial charge in [0, 0.05) is 32.1 Å². The summed E-state index contributed by atoms with van der Waals surface area (Å²) in [4.78, 5) is 28.7. The standard InChI is InChI=1S/C22H40N2O3/c1-6-20(27-22(26)23-12-9-17(4)10-13-23)8-7-19-15-24(14-11-18(19)5)21(25)16(2)3/h16-20H,6-15H2,1-5H3. The molecule has 0 aromatic rings. The highest BCUT2D eigenvalue weighted by Gasteiger charge is 2.31. The van der Waals surface area contributed by atoms with Gasteiger partial charge in [-0.1, -0.05) is 34.6 Å². The number of carbonyl (C=O) groups is 2. The summed E-state index contributed by atoms with van der Waals surface area (Å²) in [5, 5.41) is 0. The van der Waals surface area contributed by atoms with Gasteiger partial charge in [-0.3, -0.25) is 4.79 Å². The summed E-state index contributed by atoms with van der Waals surface area (Å²) in [5.74, 6) is 2.17. The van der Waals surface area contributed by atoms with E-state index in [1.165, 1.54) is 0 Å². The zero-order valence-electron chi connectivity index (χ0n) is 18.1. The van der Waals surface area contributed by atoms with Gasteiger partial charge in [0.1, 0.15) is 6.10 Å². The molecule has 0 N–H and O–H groups in total. The van der Waals surface area contributed by atoms with Gasteiger partial charge in [-0.25, -0.2) is 4.79 Å². The highest BCUT2D eigenvalue weighted by Crippen LogP contribution is 2.29. The van der Waals surface area contributed by atoms with Crippen molar-refractivity contribution in [3.63, 3.8) is 0 Å². The van der Waals surface area contributed by atoms with Gasteiger partial charge in [0.15, 0.2) is 0 Å². The Labute approximate surface area is 165 Å². The van der Waals surface area contributed by atoms with Crippen LogP contribution >= 0.6 is 0 Å². The average Bonchev–Trinajstić information content (AvgIpc) is 2.65. The van der Waals surface area contributed by atoms with E-state index in [0.717, 1.165) is 64.7 Å². The molecule has 2 fully saturated rings. The van der Waals surface area contributed by atoms with Crippen LogP contribution < -0.4 is 0 Å². The van der Waals surface area contributed by atoms with E-state index in [0.29, 0.717) is 17.8 Å². The Bertz CT molecular complexity index is 486. The minimum absolute atomic E-state index is 0.0137. The molecule has 2 rings (SSSR count). The molecule has 0 saturated carbocycles. The van der Waals surface area contributed by atoms with Crippen molar-refractivity contribution in [2.24, 2.45) is 23.7 Å². The Morgan fingerprint density at radius 1 is 1.04 bits per heavy atom. The Balaban J connectivity index is 1.81. The molecular formula is C22H40N2O3. The number of hydrogen-bond donors (Lipinski definition) is 0. The quantitative estimate of drug-likeness (QED) is 0.679. The molecule has 2 amide bonds. The molecule has 0 aromatic carbocycles. The summed E-state index contributed by atoms with van der Waals surface area (Å²) in [7, 11) is 0. The molecule has 156 valence electrons. The summed E-state index contributed by atoms with van der Waals surface area (Å²) in [6.07, 6.45) is 5.84. The van der Waals surface area contributed by atoms with Gasteiger partial charge < -0.3 is 14.5 Å². The van der Waals surface area contributed by atoms with Crippen LogP contribution in [0.25, 0.3) is 0 Å². The number of carbonyl (C=O) groups excluding carboxylic acids is 2. The molecule has 0 aromatic heterocycles. The van der Waals surface area contributed by atoms with Gasteiger partial charge in [-0.2, -0.15) is 0 Å². The van der Waals surface area contributed by atoms with E-state index < -0.39 is 0 Å². The summed E-state index contributed by atoms with van der Waals surface area (Å²) in [5.41, 5.74) is 0. The SMILES string of the molecule is CCC(CCC1CN(C(=O)C(C)C)CCC1C)OC(=O)N1CCC(C)CC1. The van der Waals surface area contributed by atoms with E-state index in [1.54, 1.807) is 0 Å². The van der Waals surface area contributed by atoms with Crippen LogP contribution in [0.4, 0.5) is 4.79 Å². The second kappa shape index (κ2) is 10.3. The fourth-order valence-electron chi connectivity index (χ4n) is 4.25. The third kappa shape index (κ3) is 6.39. The maximum Gasteiger partial charge on any atom is 0.410 e. The summed E-state index contributed by atoms with van der Waals surface area (Å²) < 4.78 is 5.82. The molecule has 3 unspecified atom stereocenters. The van der Waals surface area contributed by atoms with E-state index in [9.17, 15) is 9.59 Å². The molecule has 3 atom stereocenters. The van der Waals surface area contributed by atoms with E-state index in [2.05, 4.69) is 20.8 Å². The molecule has 5 heteroatoms. The van der Waals surface area contributed by atoms with Crippen molar-refractivity contribution >= 4 is 12.0 Å². The lowest BCUT2D eigenvalue weighted by Gasteiger charge is -2.38. The van der Waals surface area contributed by atoms with Gasteiger partial charge in [-0.15, -0.1) is 0 Å². The maximum absolute atomic E-state index is 12.5. The monoisotopic (exact) mass is 380 g/mol. The van der Waals surface area contributed by atoms with Crippen LogP contribution in [-0.2, 0) is 9.53 Å². The van der Waals surface area contributed by atoms with Crippen LogP contribution in [0, 0.1) is 23.7 Å². The minimum Gasteiger partial charge on any atom is -0.446 e. The van der Waals surface area contributed by atoms with Crippen LogP contribution in [0.2, 0.25) is 0 Å². The first kappa shape index (κ1) is 22.0. The molecule has 2 aliphatic rings. The first-order valence-electron chi connectivity index (χ1n) is 11.1. The third-order valence-electron chi connectivity index (χ3n) is 6.54. The molecule has 0 spiro atoms. The van der Waals surface area contributed by atoms with Crippen LogP contribution in [0.15, 0.2) is 0 Å². The first-order valence-corrected chi connectivity index (χ1v) is 11.1. The molecular weight excluding hydrogens is 340 g/mol. The van der Waals surface area contributed by atoms with Crippen molar-refractivity contribution in [3.8, 4) is 0 Å². The maximum atomic E-state index is 12.5. The molecule has 27 heavy (non-hydrogen) atoms. The second-order valence-corrected chi connectivity index (χ2v) is 9.13. The second-order valence-electron chi connectivity index (χ2n) is 9.13. The summed E-state index contributed by atoms with van der Waals surface area (Å²) in [6.45, 7) is 14.0. The third-order valence-corrected chi connectivity index (χ3v) is 6.54. The number of hydrogen-bond acceptors (Lipinski definition) is 3. The lowest BCUT2D eigenvalue weighted by Crippen LogP contribution is -2.45. The Kier molecular flexibility index (Phi) is 8.43. The van der Waals surface area contributed by atoms with Crippen molar-refractivity contribution < 1.29 is 14.3 Å². The van der Waals surface area contributed by atoms with Crippen molar-refractivity contribution in [2.45, 2.75) is 79.2 Å². The summed E-state index contributed by atoms with van der Waals surface area (Å²) in [6, 6.07) is 0. The van der Waals surface area contributed by atoms with Crippen LogP contribution in [0.5, 0.6) is 0 Å². The summed E-state index contributed by atoms with van der Waals surface area (Å²) >= 11 is 0. The lowest BCUT2D eigenvalue weighted by molar-refractivity contribution is -0.137. The molecule has 0 bridgehead atoms. The zero-order chi connectivity index (χ0) is 20.0. The smallest absolute Gasteiger partial charge is 0.410 e. The number of amides is 2. The van der Waals surface area contributed by atoms with Crippen molar-refractivity contribution in [1.82, 2.24) is 9.80 Å². The average molecular weight is 381 g/mol. The van der Waals surface area contributed by atoms with E-state index in [4.69, 9.17) is 4.74 Å². The van der Waals surface area contributed by atoms with Gasteiger partial charge in [0.2, 0.25) is 5.91 Å². The van der Waals surface area contributed by atoms with Crippen molar-refractivity contribution in [2.75, 3.05) is 26.2 Å². The highest BCUT2D eigenvalue weighted by atomic mass is 16.6. The number of likely N-dealkylation sites (tertiary alicyclic amines) is 2. The molecule has 0 radical (unpaired) electrons. The molecule has 2 saturated heterocycles. The Morgan fingerprint density at radius 2 is 1.67 bits per heavy atom. The van der Waals surface area contributed by atoms with Crippen LogP contribution in [0.3, 0.4) is 0 Å². The Morgan fingerprint density at radius 3 is 2.26 bits per heavy atom. The zero-order valence-corrected chi connectivity index (χ0v) is 18.1.